The number of hydrogen-bond donors (Lipinski definition) is 2. The van der Waals surface area contributed by atoms with Crippen LogP contribution < -0.4 is 10.9 Å². The van der Waals surface area contributed by atoms with Crippen molar-refractivity contribution in [2.45, 2.75) is 13.8 Å². The first-order valence-electron chi connectivity index (χ1n) is 5.80. The average Bonchev–Trinajstić information content (AvgIpc) is 2.28. The number of hydrogen-bond acceptors (Lipinski definition) is 3. The second-order valence-corrected chi connectivity index (χ2v) is 4.36. The number of aromatic amines is 1. The number of carbonyl (C=O) groups excluding carboxylic acids is 1. The molecule has 0 atom stereocenters. The molecular weight excluding hydrogens is 218 g/mol. The van der Waals surface area contributed by atoms with Gasteiger partial charge in [0.2, 0.25) is 5.56 Å². The molecular formula is C12H17N3O2. The van der Waals surface area contributed by atoms with Gasteiger partial charge in [-0.1, -0.05) is 0 Å². The first-order valence-corrected chi connectivity index (χ1v) is 5.80. The van der Waals surface area contributed by atoms with Gasteiger partial charge in [-0.2, -0.15) is 0 Å². The minimum atomic E-state index is -0.156. The largest absolute Gasteiger partial charge is 0.336 e. The van der Waals surface area contributed by atoms with Crippen molar-refractivity contribution in [1.82, 2.24) is 15.2 Å². The maximum Gasteiger partial charge on any atom is 0.255 e. The lowest BCUT2D eigenvalue weighted by atomic mass is 10.1. The monoisotopic (exact) mass is 235 g/mol. The molecule has 1 aromatic rings. The van der Waals surface area contributed by atoms with E-state index in [1.54, 1.807) is 13.8 Å². The zero-order valence-corrected chi connectivity index (χ0v) is 10.2. The Balaban J connectivity index is 2.33. The molecule has 17 heavy (non-hydrogen) atoms. The van der Waals surface area contributed by atoms with E-state index in [0.717, 1.165) is 31.7 Å². The molecule has 5 nitrogen and oxygen atoms in total. The van der Waals surface area contributed by atoms with Crippen molar-refractivity contribution in [2.75, 3.05) is 26.2 Å². The van der Waals surface area contributed by atoms with Crippen LogP contribution >= 0.6 is 0 Å². The summed E-state index contributed by atoms with van der Waals surface area (Å²) in [5.74, 6) is 0.0118. The summed E-state index contributed by atoms with van der Waals surface area (Å²) in [6, 6.07) is 1.47. The summed E-state index contributed by atoms with van der Waals surface area (Å²) in [5, 5.41) is 3.21. The van der Waals surface area contributed by atoms with Crippen molar-refractivity contribution >= 4 is 5.91 Å². The fourth-order valence-electron chi connectivity index (χ4n) is 2.20. The van der Waals surface area contributed by atoms with Crippen LogP contribution in [-0.4, -0.2) is 42.0 Å². The van der Waals surface area contributed by atoms with E-state index in [2.05, 4.69) is 10.3 Å². The number of H-pyrrole nitrogens is 1. The van der Waals surface area contributed by atoms with Crippen molar-refractivity contribution in [3.8, 4) is 0 Å². The molecule has 2 rings (SSSR count). The third-order valence-corrected chi connectivity index (χ3v) is 3.05. The van der Waals surface area contributed by atoms with Crippen LogP contribution in [0.5, 0.6) is 0 Å². The van der Waals surface area contributed by atoms with Crippen molar-refractivity contribution in [3.05, 3.63) is 33.2 Å². The summed E-state index contributed by atoms with van der Waals surface area (Å²) >= 11 is 0. The van der Waals surface area contributed by atoms with Crippen LogP contribution in [0.4, 0.5) is 0 Å². The number of carbonyl (C=O) groups is 1. The number of aryl methyl sites for hydroxylation is 2. The van der Waals surface area contributed by atoms with Crippen LogP contribution in [-0.2, 0) is 0 Å². The number of nitrogens with zero attached hydrogens (tertiary/aromatic N) is 1. The average molecular weight is 235 g/mol. The molecule has 0 unspecified atom stereocenters. The lowest BCUT2D eigenvalue weighted by molar-refractivity contribution is 0.0734. The van der Waals surface area contributed by atoms with Gasteiger partial charge in [-0.3, -0.25) is 9.59 Å². The molecule has 2 heterocycles. The highest BCUT2D eigenvalue weighted by Gasteiger charge is 2.21. The fourth-order valence-corrected chi connectivity index (χ4v) is 2.20. The number of pyridine rings is 1. The van der Waals surface area contributed by atoms with Gasteiger partial charge < -0.3 is 15.2 Å². The molecule has 0 aromatic carbocycles. The third kappa shape index (κ3) is 2.39. The van der Waals surface area contributed by atoms with Crippen LogP contribution in [0.25, 0.3) is 0 Å². The Labute approximate surface area is 99.8 Å². The van der Waals surface area contributed by atoms with E-state index < -0.39 is 0 Å². The van der Waals surface area contributed by atoms with Gasteiger partial charge in [-0.15, -0.1) is 0 Å². The topological polar surface area (TPSA) is 65.2 Å². The van der Waals surface area contributed by atoms with Gasteiger partial charge in [0, 0.05) is 37.9 Å². The molecule has 1 aromatic heterocycles. The molecule has 2 N–H and O–H groups in total. The predicted octanol–water partition coefficient (Wildman–Crippen LogP) is 0.0371. The Kier molecular flexibility index (Phi) is 3.28. The standard InChI is InChI=1S/C12H17N3O2/c1-8-7-10(16)14-9(2)11(8)12(17)15-5-3-13-4-6-15/h7,13H,3-6H2,1-2H3,(H,14,16). The Morgan fingerprint density at radius 1 is 1.29 bits per heavy atom. The lowest BCUT2D eigenvalue weighted by Crippen LogP contribution is -2.46. The van der Waals surface area contributed by atoms with Gasteiger partial charge >= 0.3 is 0 Å². The van der Waals surface area contributed by atoms with Crippen LogP contribution in [0.3, 0.4) is 0 Å². The van der Waals surface area contributed by atoms with Crippen molar-refractivity contribution in [2.24, 2.45) is 0 Å². The second kappa shape index (κ2) is 4.71. The maximum absolute atomic E-state index is 12.3. The van der Waals surface area contributed by atoms with E-state index in [4.69, 9.17) is 0 Å². The molecule has 1 amide bonds. The lowest BCUT2D eigenvalue weighted by Gasteiger charge is -2.28. The van der Waals surface area contributed by atoms with E-state index in [1.165, 1.54) is 6.07 Å². The Morgan fingerprint density at radius 2 is 1.94 bits per heavy atom. The molecule has 0 bridgehead atoms. The Bertz CT molecular complexity index is 461. The van der Waals surface area contributed by atoms with Crippen molar-refractivity contribution in [1.29, 1.82) is 0 Å². The van der Waals surface area contributed by atoms with Gasteiger partial charge in [0.15, 0.2) is 0 Å². The number of amides is 1. The van der Waals surface area contributed by atoms with Crippen LogP contribution in [0, 0.1) is 13.8 Å². The summed E-state index contributed by atoms with van der Waals surface area (Å²) in [6.07, 6.45) is 0. The van der Waals surface area contributed by atoms with E-state index in [-0.39, 0.29) is 11.5 Å². The van der Waals surface area contributed by atoms with Gasteiger partial charge in [-0.25, -0.2) is 0 Å². The summed E-state index contributed by atoms with van der Waals surface area (Å²) < 4.78 is 0. The van der Waals surface area contributed by atoms with Crippen LogP contribution in [0.2, 0.25) is 0 Å². The number of rotatable bonds is 1. The molecule has 0 radical (unpaired) electrons. The van der Waals surface area contributed by atoms with Gasteiger partial charge in [0.25, 0.3) is 5.91 Å². The Morgan fingerprint density at radius 3 is 2.53 bits per heavy atom. The highest BCUT2D eigenvalue weighted by atomic mass is 16.2. The van der Waals surface area contributed by atoms with E-state index in [9.17, 15) is 9.59 Å². The third-order valence-electron chi connectivity index (χ3n) is 3.05. The predicted molar refractivity (Wildman–Crippen MR) is 65.3 cm³/mol. The van der Waals surface area contributed by atoms with Crippen molar-refractivity contribution in [3.63, 3.8) is 0 Å². The highest BCUT2D eigenvalue weighted by Crippen LogP contribution is 2.12. The molecule has 0 spiro atoms. The first-order chi connectivity index (χ1) is 8.09. The van der Waals surface area contributed by atoms with Gasteiger partial charge in [0.05, 0.1) is 5.56 Å². The molecule has 1 aliphatic rings. The smallest absolute Gasteiger partial charge is 0.255 e. The van der Waals surface area contributed by atoms with Crippen LogP contribution in [0.15, 0.2) is 10.9 Å². The minimum absolute atomic E-state index is 0.0118. The second-order valence-electron chi connectivity index (χ2n) is 4.36. The number of piperazine rings is 1. The minimum Gasteiger partial charge on any atom is -0.336 e. The molecule has 0 saturated carbocycles. The molecule has 1 saturated heterocycles. The van der Waals surface area contributed by atoms with E-state index in [0.29, 0.717) is 11.3 Å². The molecule has 5 heteroatoms. The number of aromatic nitrogens is 1. The summed E-state index contributed by atoms with van der Waals surface area (Å²) in [7, 11) is 0. The molecule has 92 valence electrons. The van der Waals surface area contributed by atoms with E-state index in [1.807, 2.05) is 4.90 Å². The van der Waals surface area contributed by atoms with Crippen molar-refractivity contribution < 1.29 is 4.79 Å². The Hall–Kier alpha value is -1.62. The maximum atomic E-state index is 12.3. The number of nitrogens with one attached hydrogen (secondary N) is 2. The summed E-state index contributed by atoms with van der Waals surface area (Å²) in [6.45, 7) is 6.66. The van der Waals surface area contributed by atoms with Crippen LogP contribution in [0.1, 0.15) is 21.6 Å². The normalized spacial score (nSPS) is 16.0. The molecule has 0 aliphatic carbocycles. The van der Waals surface area contributed by atoms with E-state index >= 15 is 0 Å². The SMILES string of the molecule is Cc1cc(=O)[nH]c(C)c1C(=O)N1CCNCC1. The first kappa shape index (κ1) is 11.9. The zero-order chi connectivity index (χ0) is 12.4. The summed E-state index contributed by atoms with van der Waals surface area (Å²) in [4.78, 5) is 28.1. The zero-order valence-electron chi connectivity index (χ0n) is 10.2. The quantitative estimate of drug-likeness (QED) is 0.722. The van der Waals surface area contributed by atoms with Gasteiger partial charge in [0.1, 0.15) is 0 Å². The molecule has 1 aliphatic heterocycles. The fraction of sp³-hybridized carbons (Fsp3) is 0.500. The summed E-state index contributed by atoms with van der Waals surface area (Å²) in [5.41, 5.74) is 1.87. The molecule has 1 fully saturated rings. The highest BCUT2D eigenvalue weighted by molar-refractivity contribution is 5.96. The van der Waals surface area contributed by atoms with Gasteiger partial charge in [-0.05, 0) is 19.4 Å².